The van der Waals surface area contributed by atoms with E-state index >= 15 is 0 Å². The summed E-state index contributed by atoms with van der Waals surface area (Å²) in [5.41, 5.74) is 0. The summed E-state index contributed by atoms with van der Waals surface area (Å²) < 4.78 is 0. The Morgan fingerprint density at radius 3 is 1.29 bits per heavy atom. The summed E-state index contributed by atoms with van der Waals surface area (Å²) in [7, 11) is 0. The van der Waals surface area contributed by atoms with E-state index in [1.165, 1.54) is 0 Å². The summed E-state index contributed by atoms with van der Waals surface area (Å²) in [6.07, 6.45) is 0. The van der Waals surface area contributed by atoms with Crippen LogP contribution in [0.25, 0.3) is 0 Å². The van der Waals surface area contributed by atoms with Crippen LogP contribution in [0.15, 0.2) is 0 Å². The Morgan fingerprint density at radius 2 is 1.29 bits per heavy atom. The fourth-order valence-electron chi connectivity index (χ4n) is 0. The van der Waals surface area contributed by atoms with Gasteiger partial charge >= 0.3 is 29.6 Å². The van der Waals surface area contributed by atoms with E-state index in [2.05, 4.69) is 0 Å². The van der Waals surface area contributed by atoms with E-state index in [4.69, 9.17) is 15.3 Å². The van der Waals surface area contributed by atoms with E-state index in [1.807, 2.05) is 0 Å². The quantitative estimate of drug-likeness (QED) is 0.232. The van der Waals surface area contributed by atoms with E-state index in [-0.39, 0.29) is 60.4 Å². The minimum atomic E-state index is -1.75. The van der Waals surface area contributed by atoms with Crippen LogP contribution in [-0.4, -0.2) is 13.5 Å². The van der Waals surface area contributed by atoms with Gasteiger partial charge in [0, 0.05) is 30.8 Å². The normalized spacial score (nSPS) is 3.43. The fourth-order valence-corrected chi connectivity index (χ4v) is 0. The van der Waals surface area contributed by atoms with Crippen molar-refractivity contribution in [3.63, 3.8) is 0 Å². The largest absolute Gasteiger partial charge is 1.00 e. The van der Waals surface area contributed by atoms with E-state index in [1.54, 1.807) is 0 Å². The van der Waals surface area contributed by atoms with Crippen LogP contribution < -0.4 is 29.6 Å². The Bertz CT molecular complexity index is 37.9. The molecular formula is AgBNNaO3. The zero-order chi connectivity index (χ0) is 3.58. The molecule has 0 unspecified atom stereocenters. The monoisotopic (exact) mass is 203 g/mol. The van der Waals surface area contributed by atoms with Crippen molar-refractivity contribution in [2.24, 2.45) is 0 Å². The maximum absolute atomic E-state index is 8.25. The second-order valence-electron chi connectivity index (χ2n) is 0.224. The van der Waals surface area contributed by atoms with Crippen LogP contribution in [0.1, 0.15) is 0 Å². The van der Waals surface area contributed by atoms with Gasteiger partial charge in [0.15, 0.2) is 0 Å². The average Bonchev–Trinajstić information content (AvgIpc) is 0.811. The molecule has 4 radical (unpaired) electrons. The third kappa shape index (κ3) is 174. The van der Waals surface area contributed by atoms with Gasteiger partial charge in [-0.2, -0.15) is 0 Å². The van der Waals surface area contributed by atoms with Gasteiger partial charge in [-0.15, -0.1) is 0 Å². The van der Waals surface area contributed by atoms with E-state index in [9.17, 15) is 0 Å². The minimum Gasteiger partial charge on any atom is -0.356 e. The minimum absolute atomic E-state index is 0. The van der Waals surface area contributed by atoms with Crippen LogP contribution in [0.4, 0.5) is 0 Å². The maximum Gasteiger partial charge on any atom is 1.00 e. The number of hydrogen-bond donors (Lipinski definition) is 0. The Morgan fingerprint density at radius 1 is 1.29 bits per heavy atom. The van der Waals surface area contributed by atoms with Crippen LogP contribution in [0, 0.1) is 15.3 Å². The predicted octanol–water partition coefficient (Wildman–Crippen LogP) is -3.62. The van der Waals surface area contributed by atoms with E-state index in [0.29, 0.717) is 0 Å². The van der Waals surface area contributed by atoms with Crippen molar-refractivity contribution in [3.8, 4) is 0 Å². The Balaban J connectivity index is -0.0000000150. The molecule has 0 aliphatic rings. The van der Waals surface area contributed by atoms with Crippen molar-refractivity contribution in [1.82, 2.24) is 0 Å². The number of hydrogen-bond acceptors (Lipinski definition) is 3. The molecule has 0 heterocycles. The molecule has 0 saturated heterocycles. The van der Waals surface area contributed by atoms with Crippen LogP contribution >= 0.6 is 0 Å². The summed E-state index contributed by atoms with van der Waals surface area (Å²) >= 11 is 0. The molecule has 7 heteroatoms. The molecule has 0 saturated carbocycles. The fraction of sp³-hybridized carbons (Fsp3) is 0. The summed E-state index contributed by atoms with van der Waals surface area (Å²) in [5.74, 6) is 0. The third-order valence-corrected chi connectivity index (χ3v) is 0. The molecule has 0 N–H and O–H groups in total. The van der Waals surface area contributed by atoms with Gasteiger partial charge in [0.05, 0.1) is 5.09 Å². The third-order valence-electron chi connectivity index (χ3n) is 0. The van der Waals surface area contributed by atoms with Crippen molar-refractivity contribution < 1.29 is 57.0 Å². The first-order valence-corrected chi connectivity index (χ1v) is 0.548. The zero-order valence-electron chi connectivity index (χ0n) is 3.55. The van der Waals surface area contributed by atoms with Crippen LogP contribution in [0.5, 0.6) is 0 Å². The second-order valence-corrected chi connectivity index (χ2v) is 0.224. The molecule has 0 aliphatic carbocycles. The van der Waals surface area contributed by atoms with Gasteiger partial charge in [0.2, 0.25) is 0 Å². The molecular weight excluding hydrogens is 204 g/mol. The van der Waals surface area contributed by atoms with Crippen molar-refractivity contribution in [2.75, 3.05) is 0 Å². The van der Waals surface area contributed by atoms with E-state index < -0.39 is 5.09 Å². The van der Waals surface area contributed by atoms with Crippen molar-refractivity contribution in [2.45, 2.75) is 0 Å². The van der Waals surface area contributed by atoms with Crippen LogP contribution in [0.2, 0.25) is 0 Å². The number of nitrogens with zero attached hydrogens (tertiary/aromatic N) is 1. The zero-order valence-corrected chi connectivity index (χ0v) is 7.03. The molecule has 0 aromatic carbocycles. The maximum atomic E-state index is 8.25. The Hall–Kier alpha value is 1.01. The molecule has 0 spiro atoms. The molecule has 4 nitrogen and oxygen atoms in total. The van der Waals surface area contributed by atoms with Crippen molar-refractivity contribution in [3.05, 3.63) is 15.3 Å². The second kappa shape index (κ2) is 15.7. The van der Waals surface area contributed by atoms with E-state index in [0.717, 1.165) is 0 Å². The van der Waals surface area contributed by atoms with Gasteiger partial charge < -0.3 is 15.3 Å². The first-order chi connectivity index (χ1) is 1.73. The summed E-state index contributed by atoms with van der Waals surface area (Å²) in [6.45, 7) is 0. The summed E-state index contributed by atoms with van der Waals surface area (Å²) in [6, 6.07) is 0. The van der Waals surface area contributed by atoms with Crippen LogP contribution in [-0.2, 0) is 22.4 Å². The van der Waals surface area contributed by atoms with Crippen molar-refractivity contribution >= 4 is 8.41 Å². The molecule has 0 aromatic rings. The first-order valence-electron chi connectivity index (χ1n) is 0.548. The molecule has 0 aromatic heterocycles. The topological polar surface area (TPSA) is 66.2 Å². The summed E-state index contributed by atoms with van der Waals surface area (Å²) in [4.78, 5) is 8.25. The molecule has 0 rings (SSSR count). The van der Waals surface area contributed by atoms with Gasteiger partial charge in [-0.25, -0.2) is 0 Å². The molecule has 0 fully saturated rings. The standard InChI is InChI=1S/Ag.B.NO3.Na/c;;2-1(3)4;/q;;-1;+1. The van der Waals surface area contributed by atoms with Gasteiger partial charge in [-0.05, 0) is 0 Å². The number of rotatable bonds is 0. The van der Waals surface area contributed by atoms with Gasteiger partial charge in [0.25, 0.3) is 0 Å². The molecule has 0 bridgehead atoms. The van der Waals surface area contributed by atoms with Gasteiger partial charge in [0.1, 0.15) is 0 Å². The SMILES string of the molecule is O=[N+]([O-])[O-].[Ag].[B].[Na+]. The van der Waals surface area contributed by atoms with Gasteiger partial charge in [-0.1, -0.05) is 0 Å². The average molecular weight is 204 g/mol. The smallest absolute Gasteiger partial charge is 0.356 e. The van der Waals surface area contributed by atoms with Gasteiger partial charge in [-0.3, -0.25) is 0 Å². The molecule has 0 aliphatic heterocycles. The predicted molar refractivity (Wildman–Crippen MR) is 16.1 cm³/mol. The molecule has 7 heavy (non-hydrogen) atoms. The first kappa shape index (κ1) is 24.5. The van der Waals surface area contributed by atoms with Crippen molar-refractivity contribution in [1.29, 1.82) is 0 Å². The Kier molecular flexibility index (Phi) is 55.1. The summed E-state index contributed by atoms with van der Waals surface area (Å²) in [5, 5.41) is 14.8. The molecule has 0 atom stereocenters. The molecule has 38 valence electrons. The Labute approximate surface area is 80.1 Å². The molecule has 0 amide bonds. The van der Waals surface area contributed by atoms with Crippen LogP contribution in [0.3, 0.4) is 0 Å².